The van der Waals surface area contributed by atoms with Crippen LogP contribution in [0.25, 0.3) is 0 Å². The maximum atomic E-state index is 12.3. The van der Waals surface area contributed by atoms with Crippen molar-refractivity contribution >= 4 is 11.9 Å². The standard InChI is InChI=1S/C16H20N6O/c1-21-8-10-22(11-9-21)16-18-7-4-14(20-16)15(23)19-12-13-2-5-17-6-3-13/h2-7H,8-12H2,1H3,(H,19,23). The molecule has 0 saturated carbocycles. The first-order valence-electron chi connectivity index (χ1n) is 7.66. The average Bonchev–Trinajstić information content (AvgIpc) is 2.61. The minimum atomic E-state index is -0.195. The SMILES string of the molecule is CN1CCN(c2nccc(C(=O)NCc3ccncc3)n2)CC1. The Balaban J connectivity index is 1.63. The highest BCUT2D eigenvalue weighted by Crippen LogP contribution is 2.10. The third-order valence-corrected chi connectivity index (χ3v) is 3.86. The van der Waals surface area contributed by atoms with Gasteiger partial charge in [-0.25, -0.2) is 9.97 Å². The van der Waals surface area contributed by atoms with Crippen molar-refractivity contribution in [3.8, 4) is 0 Å². The van der Waals surface area contributed by atoms with Crippen LogP contribution in [0.2, 0.25) is 0 Å². The first kappa shape index (κ1) is 15.4. The minimum Gasteiger partial charge on any atom is -0.347 e. The normalized spacial score (nSPS) is 15.4. The summed E-state index contributed by atoms with van der Waals surface area (Å²) in [6.45, 7) is 4.15. The van der Waals surface area contributed by atoms with Crippen LogP contribution < -0.4 is 10.2 Å². The third kappa shape index (κ3) is 4.01. The Morgan fingerprint density at radius 3 is 2.61 bits per heavy atom. The summed E-state index contributed by atoms with van der Waals surface area (Å²) >= 11 is 0. The predicted molar refractivity (Wildman–Crippen MR) is 87.1 cm³/mol. The van der Waals surface area contributed by atoms with Crippen LogP contribution in [0.5, 0.6) is 0 Å². The fourth-order valence-corrected chi connectivity index (χ4v) is 2.41. The molecule has 0 bridgehead atoms. The van der Waals surface area contributed by atoms with E-state index in [9.17, 15) is 4.79 Å². The molecular formula is C16H20N6O. The predicted octanol–water partition coefficient (Wildman–Crippen LogP) is 0.553. The molecule has 0 spiro atoms. The average molecular weight is 312 g/mol. The minimum absolute atomic E-state index is 0.195. The highest BCUT2D eigenvalue weighted by Gasteiger charge is 2.17. The number of rotatable bonds is 4. The molecular weight excluding hydrogens is 292 g/mol. The highest BCUT2D eigenvalue weighted by molar-refractivity contribution is 5.92. The van der Waals surface area contributed by atoms with Gasteiger partial charge in [-0.1, -0.05) is 0 Å². The summed E-state index contributed by atoms with van der Waals surface area (Å²) in [7, 11) is 2.10. The Morgan fingerprint density at radius 2 is 1.87 bits per heavy atom. The van der Waals surface area contributed by atoms with Gasteiger partial charge in [0.2, 0.25) is 5.95 Å². The van der Waals surface area contributed by atoms with Crippen LogP contribution in [0.15, 0.2) is 36.8 Å². The van der Waals surface area contributed by atoms with Crippen LogP contribution in [0.1, 0.15) is 16.1 Å². The van der Waals surface area contributed by atoms with Crippen molar-refractivity contribution < 1.29 is 4.79 Å². The van der Waals surface area contributed by atoms with Crippen LogP contribution >= 0.6 is 0 Å². The number of nitrogens with one attached hydrogen (secondary N) is 1. The van der Waals surface area contributed by atoms with Gasteiger partial charge in [0, 0.05) is 51.3 Å². The number of aromatic nitrogens is 3. The Kier molecular flexibility index (Phi) is 4.77. The lowest BCUT2D eigenvalue weighted by molar-refractivity contribution is 0.0945. The lowest BCUT2D eigenvalue weighted by atomic mass is 10.2. The molecule has 2 aromatic heterocycles. The molecule has 0 aliphatic carbocycles. The number of likely N-dealkylation sites (N-methyl/N-ethyl adjacent to an activating group) is 1. The zero-order valence-electron chi connectivity index (χ0n) is 13.1. The maximum absolute atomic E-state index is 12.3. The molecule has 23 heavy (non-hydrogen) atoms. The van der Waals surface area contributed by atoms with E-state index in [0.29, 0.717) is 18.2 Å². The van der Waals surface area contributed by atoms with Gasteiger partial charge in [0.25, 0.3) is 5.91 Å². The van der Waals surface area contributed by atoms with Gasteiger partial charge in [-0.15, -0.1) is 0 Å². The molecule has 1 N–H and O–H groups in total. The van der Waals surface area contributed by atoms with Crippen molar-refractivity contribution in [2.45, 2.75) is 6.54 Å². The first-order valence-corrected chi connectivity index (χ1v) is 7.66. The zero-order chi connectivity index (χ0) is 16.1. The largest absolute Gasteiger partial charge is 0.347 e. The van der Waals surface area contributed by atoms with Crippen molar-refractivity contribution in [3.05, 3.63) is 48.0 Å². The molecule has 1 amide bonds. The summed E-state index contributed by atoms with van der Waals surface area (Å²) in [5.74, 6) is 0.425. The molecule has 1 aliphatic heterocycles. The Hall–Kier alpha value is -2.54. The second-order valence-corrected chi connectivity index (χ2v) is 5.57. The summed E-state index contributed by atoms with van der Waals surface area (Å²) < 4.78 is 0. The van der Waals surface area contributed by atoms with Crippen LogP contribution in [0, 0.1) is 0 Å². The van der Waals surface area contributed by atoms with Gasteiger partial charge in [0.15, 0.2) is 0 Å². The Bertz CT molecular complexity index is 655. The molecule has 7 heteroatoms. The van der Waals surface area contributed by atoms with E-state index in [4.69, 9.17) is 0 Å². The summed E-state index contributed by atoms with van der Waals surface area (Å²) in [5.41, 5.74) is 1.39. The number of hydrogen-bond acceptors (Lipinski definition) is 6. The molecule has 3 heterocycles. The van der Waals surface area contributed by atoms with Crippen LogP contribution in [-0.4, -0.2) is 59.0 Å². The topological polar surface area (TPSA) is 74.2 Å². The van der Waals surface area contributed by atoms with Gasteiger partial charge in [0.05, 0.1) is 0 Å². The molecule has 3 rings (SSSR count). The molecule has 1 aliphatic rings. The molecule has 0 atom stereocenters. The second-order valence-electron chi connectivity index (χ2n) is 5.57. The summed E-state index contributed by atoms with van der Waals surface area (Å²) in [6, 6.07) is 5.38. The van der Waals surface area contributed by atoms with E-state index in [0.717, 1.165) is 31.7 Å². The van der Waals surface area contributed by atoms with Crippen molar-refractivity contribution in [3.63, 3.8) is 0 Å². The molecule has 0 aromatic carbocycles. The van der Waals surface area contributed by atoms with Crippen LogP contribution in [-0.2, 0) is 6.54 Å². The van der Waals surface area contributed by atoms with E-state index in [2.05, 4.69) is 37.1 Å². The van der Waals surface area contributed by atoms with Gasteiger partial charge >= 0.3 is 0 Å². The number of pyridine rings is 1. The monoisotopic (exact) mass is 312 g/mol. The number of anilines is 1. The van der Waals surface area contributed by atoms with Gasteiger partial charge in [0.1, 0.15) is 5.69 Å². The number of carbonyl (C=O) groups is 1. The second kappa shape index (κ2) is 7.15. The highest BCUT2D eigenvalue weighted by atomic mass is 16.1. The van der Waals surface area contributed by atoms with E-state index >= 15 is 0 Å². The molecule has 7 nitrogen and oxygen atoms in total. The van der Waals surface area contributed by atoms with E-state index in [1.165, 1.54) is 0 Å². The van der Waals surface area contributed by atoms with Crippen LogP contribution in [0.3, 0.4) is 0 Å². The maximum Gasteiger partial charge on any atom is 0.270 e. The lowest BCUT2D eigenvalue weighted by Crippen LogP contribution is -2.45. The number of hydrogen-bond donors (Lipinski definition) is 1. The Labute approximate surface area is 135 Å². The van der Waals surface area contributed by atoms with Crippen molar-refractivity contribution in [1.82, 2.24) is 25.2 Å². The van der Waals surface area contributed by atoms with Gasteiger partial charge in [-0.2, -0.15) is 0 Å². The molecule has 120 valence electrons. The van der Waals surface area contributed by atoms with Crippen molar-refractivity contribution in [1.29, 1.82) is 0 Å². The zero-order valence-corrected chi connectivity index (χ0v) is 13.1. The number of carbonyl (C=O) groups excluding carboxylic acids is 1. The number of nitrogens with zero attached hydrogens (tertiary/aromatic N) is 5. The van der Waals surface area contributed by atoms with Crippen molar-refractivity contribution in [2.75, 3.05) is 38.1 Å². The lowest BCUT2D eigenvalue weighted by Gasteiger charge is -2.32. The smallest absolute Gasteiger partial charge is 0.270 e. The van der Waals surface area contributed by atoms with Crippen molar-refractivity contribution in [2.24, 2.45) is 0 Å². The molecule has 1 saturated heterocycles. The van der Waals surface area contributed by atoms with E-state index in [1.54, 1.807) is 24.7 Å². The molecule has 2 aromatic rings. The van der Waals surface area contributed by atoms with E-state index < -0.39 is 0 Å². The van der Waals surface area contributed by atoms with E-state index in [-0.39, 0.29) is 5.91 Å². The molecule has 0 radical (unpaired) electrons. The molecule has 0 unspecified atom stereocenters. The fraction of sp³-hybridized carbons (Fsp3) is 0.375. The van der Waals surface area contributed by atoms with Gasteiger partial charge < -0.3 is 15.1 Å². The van der Waals surface area contributed by atoms with Gasteiger partial charge in [-0.3, -0.25) is 9.78 Å². The van der Waals surface area contributed by atoms with E-state index in [1.807, 2.05) is 12.1 Å². The summed E-state index contributed by atoms with van der Waals surface area (Å²) in [4.78, 5) is 29.3. The first-order chi connectivity index (χ1) is 11.2. The fourth-order valence-electron chi connectivity index (χ4n) is 2.41. The summed E-state index contributed by atoms with van der Waals surface area (Å²) in [5, 5.41) is 2.87. The molecule has 1 fully saturated rings. The Morgan fingerprint density at radius 1 is 1.13 bits per heavy atom. The number of amides is 1. The van der Waals surface area contributed by atoms with Crippen LogP contribution in [0.4, 0.5) is 5.95 Å². The third-order valence-electron chi connectivity index (χ3n) is 3.86. The quantitative estimate of drug-likeness (QED) is 0.889. The number of piperazine rings is 1. The van der Waals surface area contributed by atoms with Gasteiger partial charge in [-0.05, 0) is 30.8 Å². The summed E-state index contributed by atoms with van der Waals surface area (Å²) in [6.07, 6.45) is 5.05.